The molecule has 1 aliphatic rings. The van der Waals surface area contributed by atoms with E-state index >= 15 is 0 Å². The van der Waals surface area contributed by atoms with Gasteiger partial charge >= 0.3 is 13.9 Å². The first kappa shape index (κ1) is 30.2. The fourth-order valence-electron chi connectivity index (χ4n) is 4.07. The summed E-state index contributed by atoms with van der Waals surface area (Å²) in [6.45, 7) is -0.506. The predicted molar refractivity (Wildman–Crippen MR) is 140 cm³/mol. The van der Waals surface area contributed by atoms with Crippen LogP contribution in [0.5, 0.6) is 0 Å². The third-order valence-electron chi connectivity index (χ3n) is 6.06. The van der Waals surface area contributed by atoms with Crippen molar-refractivity contribution in [3.63, 3.8) is 0 Å². The highest BCUT2D eigenvalue weighted by Crippen LogP contribution is 2.54. The number of hydrogen-bond donors (Lipinski definition) is 4. The second-order valence-electron chi connectivity index (χ2n) is 8.58. The number of nitrogens with zero attached hydrogens (tertiary/aromatic N) is 5. The van der Waals surface area contributed by atoms with Crippen LogP contribution in [-0.4, -0.2) is 63.7 Å². The Morgan fingerprint density at radius 1 is 1.33 bits per heavy atom. The first-order valence-corrected chi connectivity index (χ1v) is 13.8. The lowest BCUT2D eigenvalue weighted by atomic mass is 9.98. The lowest BCUT2D eigenvalue weighted by Gasteiger charge is -2.39. The number of halogens is 2. The number of carbonyl (C=O) groups is 1. The van der Waals surface area contributed by atoms with Gasteiger partial charge in [0.05, 0.1) is 5.56 Å². The molecule has 0 saturated heterocycles. The van der Waals surface area contributed by atoms with E-state index in [1.54, 1.807) is 48.5 Å². The van der Waals surface area contributed by atoms with E-state index < -0.39 is 41.7 Å². The molecule has 2 unspecified atom stereocenters. The van der Waals surface area contributed by atoms with Gasteiger partial charge < -0.3 is 20.4 Å². The molecule has 0 bridgehead atoms. The van der Waals surface area contributed by atoms with E-state index in [1.165, 1.54) is 7.05 Å². The largest absolute Gasteiger partial charge is 0.471 e. The number of nitrogens with one attached hydrogen (secondary N) is 1. The normalized spacial score (nSPS) is 21.3. The van der Waals surface area contributed by atoms with Gasteiger partial charge in [0.25, 0.3) is 0 Å². The van der Waals surface area contributed by atoms with Crippen LogP contribution < -0.4 is 11.1 Å². The molecule has 1 aliphatic heterocycles. The van der Waals surface area contributed by atoms with E-state index in [9.17, 15) is 18.1 Å². The Balaban J connectivity index is 2.09. The number of urea groups is 1. The Kier molecular flexibility index (Phi) is 9.44. The van der Waals surface area contributed by atoms with Gasteiger partial charge in [-0.3, -0.25) is 9.84 Å². The number of nitriles is 1. The number of benzene rings is 2. The standard InChI is InChI=1S/C23H26F2N7O5PS/c1-31(21(27)28-14-26)12-6-11-23(16-7-4-3-5-8-16)32(2,22(33)29-15-37-38(34,35)36)30-20(39-23)18-13-17(24)9-10-19(18)25/h3-5,7-10,13H,6,11-12,15H2,1-2H3,(H4-,27,28,29,33,34,35,36)/p+1. The Labute approximate surface area is 227 Å². The van der Waals surface area contributed by atoms with Gasteiger partial charge in [0.2, 0.25) is 17.0 Å². The highest BCUT2D eigenvalue weighted by Gasteiger charge is 2.62. The van der Waals surface area contributed by atoms with Crippen molar-refractivity contribution >= 4 is 36.6 Å². The number of rotatable bonds is 9. The highest BCUT2D eigenvalue weighted by atomic mass is 32.2. The molecule has 16 heteroatoms. The molecule has 0 radical (unpaired) electrons. The third kappa shape index (κ3) is 6.80. The zero-order valence-corrected chi connectivity index (χ0v) is 22.7. The maximum Gasteiger partial charge on any atom is 0.471 e. The molecule has 2 atom stereocenters. The van der Waals surface area contributed by atoms with Crippen molar-refractivity contribution in [1.82, 2.24) is 10.2 Å². The van der Waals surface area contributed by atoms with Gasteiger partial charge in [0.15, 0.2) is 5.04 Å². The second kappa shape index (κ2) is 12.2. The lowest BCUT2D eigenvalue weighted by molar-refractivity contribution is -0.879. The van der Waals surface area contributed by atoms with Gasteiger partial charge in [-0.05, 0) is 36.4 Å². The summed E-state index contributed by atoms with van der Waals surface area (Å²) in [5.41, 5.74) is 6.27. The number of quaternary nitrogens is 1. The summed E-state index contributed by atoms with van der Waals surface area (Å²) in [7, 11) is -1.80. The summed E-state index contributed by atoms with van der Waals surface area (Å²) >= 11 is 1.06. The molecular formula is C23H27F2N7O5PS+. The molecule has 39 heavy (non-hydrogen) atoms. The van der Waals surface area contributed by atoms with Crippen LogP contribution in [0.4, 0.5) is 13.6 Å². The number of thioether (sulfide) groups is 1. The van der Waals surface area contributed by atoms with Crippen molar-refractivity contribution in [2.45, 2.75) is 17.7 Å². The van der Waals surface area contributed by atoms with Crippen molar-refractivity contribution in [3.8, 4) is 6.19 Å². The lowest BCUT2D eigenvalue weighted by Crippen LogP contribution is -2.59. The molecule has 0 aliphatic carbocycles. The Morgan fingerprint density at radius 3 is 2.67 bits per heavy atom. The molecule has 12 nitrogen and oxygen atoms in total. The van der Waals surface area contributed by atoms with Crippen molar-refractivity contribution < 1.29 is 37.0 Å². The summed E-state index contributed by atoms with van der Waals surface area (Å²) in [6.07, 6.45) is 2.23. The molecule has 0 spiro atoms. The van der Waals surface area contributed by atoms with Gasteiger partial charge in [0.1, 0.15) is 25.4 Å². The Bertz CT molecular complexity index is 1370. The summed E-state index contributed by atoms with van der Waals surface area (Å²) in [4.78, 5) is 35.5. The number of nitrogens with two attached hydrogens (primary N) is 1. The van der Waals surface area contributed by atoms with Crippen molar-refractivity contribution in [2.24, 2.45) is 15.8 Å². The van der Waals surface area contributed by atoms with Crippen LogP contribution in [0.25, 0.3) is 0 Å². The molecule has 2 aromatic rings. The molecule has 0 fully saturated rings. The van der Waals surface area contributed by atoms with Crippen LogP contribution >= 0.6 is 19.6 Å². The number of carbonyl (C=O) groups excluding carboxylic acids is 1. The molecular weight excluding hydrogens is 555 g/mol. The zero-order valence-electron chi connectivity index (χ0n) is 21.0. The van der Waals surface area contributed by atoms with Gasteiger partial charge in [0, 0.05) is 25.6 Å². The van der Waals surface area contributed by atoms with E-state index in [4.69, 9.17) is 20.8 Å². The van der Waals surface area contributed by atoms with Crippen molar-refractivity contribution in [1.29, 1.82) is 5.26 Å². The van der Waals surface area contributed by atoms with Crippen LogP contribution in [0, 0.1) is 23.1 Å². The van der Waals surface area contributed by atoms with Crippen LogP contribution in [0.15, 0.2) is 58.6 Å². The quantitative estimate of drug-likeness (QED) is 0.0866. The smallest absolute Gasteiger partial charge is 0.369 e. The van der Waals surface area contributed by atoms with Crippen LogP contribution in [0.1, 0.15) is 24.0 Å². The molecule has 208 valence electrons. The number of phosphoric acid groups is 1. The van der Waals surface area contributed by atoms with Gasteiger partial charge in [-0.15, -0.1) is 9.58 Å². The average molecular weight is 583 g/mol. The summed E-state index contributed by atoms with van der Waals surface area (Å²) in [5.74, 6) is -1.45. The topological polar surface area (TPSA) is 174 Å². The van der Waals surface area contributed by atoms with Crippen LogP contribution in [0.2, 0.25) is 0 Å². The highest BCUT2D eigenvalue weighted by molar-refractivity contribution is 8.15. The van der Waals surface area contributed by atoms with Crippen molar-refractivity contribution in [3.05, 3.63) is 71.3 Å². The minimum absolute atomic E-state index is 0.00585. The van der Waals surface area contributed by atoms with Gasteiger partial charge in [-0.2, -0.15) is 5.26 Å². The minimum Gasteiger partial charge on any atom is -0.369 e. The number of amides is 2. The first-order chi connectivity index (χ1) is 18.3. The zero-order chi connectivity index (χ0) is 28.8. The summed E-state index contributed by atoms with van der Waals surface area (Å²) in [6, 6.07) is 10.9. The average Bonchev–Trinajstić information content (AvgIpc) is 3.19. The van der Waals surface area contributed by atoms with E-state index in [0.29, 0.717) is 18.5 Å². The second-order valence-corrected chi connectivity index (χ2v) is 11.1. The Morgan fingerprint density at radius 2 is 2.03 bits per heavy atom. The summed E-state index contributed by atoms with van der Waals surface area (Å²) < 4.78 is 43.7. The first-order valence-electron chi connectivity index (χ1n) is 11.4. The minimum atomic E-state index is -4.89. The van der Waals surface area contributed by atoms with Crippen molar-refractivity contribution in [2.75, 3.05) is 27.4 Å². The molecule has 1 heterocycles. The molecule has 3 rings (SSSR count). The maximum atomic E-state index is 14.8. The monoisotopic (exact) mass is 582 g/mol. The third-order valence-corrected chi connectivity index (χ3v) is 8.15. The van der Waals surface area contributed by atoms with Crippen LogP contribution in [-0.2, 0) is 14.0 Å². The maximum absolute atomic E-state index is 14.8. The molecule has 5 N–H and O–H groups in total. The van der Waals surface area contributed by atoms with E-state index in [-0.39, 0.29) is 23.0 Å². The fourth-order valence-corrected chi connectivity index (χ4v) is 5.90. The SMILES string of the molecule is CN(CCCC1(c2ccccc2)SC(c2cc(F)ccc2F)=N[N+]1(C)C(=O)NCOP(=O)(O)O)/C(N)=N/C#N. The van der Waals surface area contributed by atoms with Gasteiger partial charge in [-0.1, -0.05) is 35.4 Å². The number of aliphatic imine (C=N–C) groups is 1. The number of hydrogen-bond acceptors (Lipinski definition) is 7. The number of guanidine groups is 1. The fraction of sp³-hybridized carbons (Fsp3) is 0.304. The van der Waals surface area contributed by atoms with Crippen LogP contribution in [0.3, 0.4) is 0 Å². The van der Waals surface area contributed by atoms with E-state index in [1.807, 2.05) is 0 Å². The molecule has 2 aromatic carbocycles. The van der Waals surface area contributed by atoms with E-state index in [0.717, 1.165) is 30.0 Å². The molecule has 0 saturated carbocycles. The Hall–Kier alpha value is -3.38. The summed E-state index contributed by atoms with van der Waals surface area (Å²) in [5, 5.41) is 15.7. The molecule has 2 amide bonds. The molecule has 0 aromatic heterocycles. The number of phosphoric ester groups is 1. The van der Waals surface area contributed by atoms with E-state index in [2.05, 4.69) is 19.9 Å². The van der Waals surface area contributed by atoms with Gasteiger partial charge in [-0.25, -0.2) is 18.1 Å². The predicted octanol–water partition coefficient (Wildman–Crippen LogP) is 2.96.